The monoisotopic (exact) mass is 530 g/mol. The Labute approximate surface area is 205 Å². The zero-order valence-corrected chi connectivity index (χ0v) is 22.0. The molecule has 5 atom stereocenters. The Bertz CT molecular complexity index is 479. The van der Waals surface area contributed by atoms with Gasteiger partial charge in [0, 0.05) is 20.9 Å². The van der Waals surface area contributed by atoms with Crippen molar-refractivity contribution in [3.8, 4) is 6.07 Å². The Morgan fingerprint density at radius 1 is 1.00 bits per heavy atom. The van der Waals surface area contributed by atoms with Crippen molar-refractivity contribution < 1.29 is 25.2 Å². The summed E-state index contributed by atoms with van der Waals surface area (Å²) in [7, 11) is -0.0957. The van der Waals surface area contributed by atoms with Crippen LogP contribution in [0.25, 0.3) is 0 Å². The van der Waals surface area contributed by atoms with Gasteiger partial charge < -0.3 is 10.8 Å². The zero-order valence-electron chi connectivity index (χ0n) is 19.4. The third kappa shape index (κ3) is 9.83. The second-order valence-electron chi connectivity index (χ2n) is 9.39. The second-order valence-corrected chi connectivity index (χ2v) is 13.9. The molecule has 0 radical (unpaired) electrons. The number of allylic oxidation sites excluding steroid dienone is 2. The molecule has 0 saturated heterocycles. The predicted molar refractivity (Wildman–Crippen MR) is 134 cm³/mol. The summed E-state index contributed by atoms with van der Waals surface area (Å²) in [6, 6.07) is 1.75. The third-order valence-corrected chi connectivity index (χ3v) is 10.0. The molecule has 5 unspecified atom stereocenters. The second kappa shape index (κ2) is 16.9. The smallest absolute Gasteiger partial charge is 0.499 e. The molecular weight excluding hydrogens is 480 g/mol. The average molecular weight is 531 g/mol. The summed E-state index contributed by atoms with van der Waals surface area (Å²) in [5, 5.41) is 7.32. The molecule has 0 spiro atoms. The SMILES string of the molecule is C.C.CC#N.CC(C)OC1[CH-]C2CC1C1CC=[C-]C21.CC(C)[PH+](C(C)C)C(C)C.[Pd+2]. The topological polar surface area (TPSA) is 33.0 Å². The first-order valence-electron chi connectivity index (χ1n) is 10.9. The Morgan fingerprint density at radius 3 is 1.83 bits per heavy atom. The van der Waals surface area contributed by atoms with Crippen LogP contribution in [-0.2, 0) is 25.2 Å². The number of hydrogen-bond acceptors (Lipinski definition) is 2. The van der Waals surface area contributed by atoms with Crippen molar-refractivity contribution in [1.29, 1.82) is 5.26 Å². The first-order valence-corrected chi connectivity index (χ1v) is 12.6. The Morgan fingerprint density at radius 2 is 1.47 bits per heavy atom. The minimum absolute atomic E-state index is 0. The van der Waals surface area contributed by atoms with Gasteiger partial charge in [-0.25, -0.2) is 0 Å². The summed E-state index contributed by atoms with van der Waals surface area (Å²) < 4.78 is 5.96. The van der Waals surface area contributed by atoms with Crippen LogP contribution in [0.3, 0.4) is 0 Å². The summed E-state index contributed by atoms with van der Waals surface area (Å²) in [5.74, 6) is 3.16. The summed E-state index contributed by atoms with van der Waals surface area (Å²) in [6.07, 6.45) is 11.6. The van der Waals surface area contributed by atoms with Crippen LogP contribution < -0.4 is 0 Å². The summed E-state index contributed by atoms with van der Waals surface area (Å²) in [6.45, 7) is 19.9. The standard InChI is InChI=1S/C13H18O.C9H21P.C2H3N.2CH4.Pd/c1-8(2)14-13-7-9-6-12(13)11-5-3-4-10(9)11;1-7(2)10(8(3)4)9(5)6;1-2-3;;;/h3,7-13H,5-6H2,1-2H3;7-9H,1-6H3;1H3;2*1H4;/q-2;;;;;+2/p+1. The van der Waals surface area contributed by atoms with Crippen molar-refractivity contribution in [2.75, 3.05) is 0 Å². The van der Waals surface area contributed by atoms with Gasteiger partial charge in [-0.1, -0.05) is 39.7 Å². The molecule has 3 aliphatic rings. The maximum absolute atomic E-state index is 7.32. The molecule has 0 amide bonds. The molecule has 0 aromatic heterocycles. The molecular formula is C26H51NOPPd+. The van der Waals surface area contributed by atoms with E-state index in [0.717, 1.165) is 40.6 Å². The first-order chi connectivity index (χ1) is 12.6. The minimum atomic E-state index is -0.0957. The molecule has 30 heavy (non-hydrogen) atoms. The molecule has 0 aromatic rings. The van der Waals surface area contributed by atoms with Gasteiger partial charge in [0.15, 0.2) is 0 Å². The van der Waals surface area contributed by atoms with E-state index in [4.69, 9.17) is 10.00 Å². The molecule has 2 saturated carbocycles. The maximum atomic E-state index is 7.32. The van der Waals surface area contributed by atoms with Gasteiger partial charge in [-0.15, -0.1) is 0 Å². The molecule has 2 fully saturated rings. The van der Waals surface area contributed by atoms with Gasteiger partial charge in [-0.3, -0.25) is 12.5 Å². The molecule has 2 bridgehead atoms. The van der Waals surface area contributed by atoms with Gasteiger partial charge in [-0.2, -0.15) is 17.1 Å². The van der Waals surface area contributed by atoms with E-state index < -0.39 is 0 Å². The molecule has 0 aliphatic heterocycles. The number of fused-ring (bicyclic) bond motifs is 5. The largest absolute Gasteiger partial charge is 2.00 e. The van der Waals surface area contributed by atoms with E-state index in [-0.39, 0.29) is 43.2 Å². The van der Waals surface area contributed by atoms with Crippen LogP contribution in [-0.4, -0.2) is 29.2 Å². The van der Waals surface area contributed by atoms with E-state index >= 15 is 0 Å². The Balaban J connectivity index is -0.000000411. The predicted octanol–water partition coefficient (Wildman–Crippen LogP) is 7.85. The minimum Gasteiger partial charge on any atom is -0.499 e. The summed E-state index contributed by atoms with van der Waals surface area (Å²) >= 11 is 0. The summed E-state index contributed by atoms with van der Waals surface area (Å²) in [4.78, 5) is 0. The quantitative estimate of drug-likeness (QED) is 0.206. The normalized spacial score (nSPS) is 27.4. The third-order valence-electron chi connectivity index (χ3n) is 6.01. The Kier molecular flexibility index (Phi) is 19.6. The van der Waals surface area contributed by atoms with Gasteiger partial charge in [-0.05, 0) is 61.3 Å². The van der Waals surface area contributed by atoms with E-state index in [2.05, 4.69) is 74.0 Å². The van der Waals surface area contributed by atoms with Crippen molar-refractivity contribution in [3.05, 3.63) is 18.6 Å². The number of rotatable bonds is 5. The van der Waals surface area contributed by atoms with Gasteiger partial charge in [0.1, 0.15) is 0 Å². The molecule has 3 rings (SSSR count). The fourth-order valence-corrected chi connectivity index (χ4v) is 9.55. The fourth-order valence-electron chi connectivity index (χ4n) is 5.55. The number of nitriles is 1. The van der Waals surface area contributed by atoms with Crippen LogP contribution in [0.5, 0.6) is 0 Å². The number of ether oxygens (including phenoxy) is 1. The van der Waals surface area contributed by atoms with Crippen LogP contribution in [0, 0.1) is 47.5 Å². The average Bonchev–Trinajstić information content (AvgIpc) is 3.18. The maximum Gasteiger partial charge on any atom is 2.00 e. The number of nitrogens with zero attached hydrogens (tertiary/aromatic N) is 1. The fraction of sp³-hybridized carbons (Fsp3) is 0.846. The molecule has 2 nitrogen and oxygen atoms in total. The van der Waals surface area contributed by atoms with Gasteiger partial charge >= 0.3 is 20.4 Å². The van der Waals surface area contributed by atoms with E-state index in [0.29, 0.717) is 12.2 Å². The van der Waals surface area contributed by atoms with Crippen molar-refractivity contribution in [1.82, 2.24) is 0 Å². The molecule has 180 valence electrons. The van der Waals surface area contributed by atoms with Crippen molar-refractivity contribution in [3.63, 3.8) is 0 Å². The summed E-state index contributed by atoms with van der Waals surface area (Å²) in [5.41, 5.74) is 2.81. The molecule has 4 heteroatoms. The molecule has 0 heterocycles. The number of hydrogen-bond donors (Lipinski definition) is 0. The van der Waals surface area contributed by atoms with Crippen molar-refractivity contribution in [2.24, 2.45) is 23.7 Å². The molecule has 0 N–H and O–H groups in total. The van der Waals surface area contributed by atoms with Crippen molar-refractivity contribution in [2.45, 2.75) is 119 Å². The van der Waals surface area contributed by atoms with Gasteiger partial charge in [0.2, 0.25) is 0 Å². The van der Waals surface area contributed by atoms with Crippen LogP contribution in [0.4, 0.5) is 0 Å². The Hall–Kier alpha value is 0.282. The zero-order chi connectivity index (χ0) is 20.7. The van der Waals surface area contributed by atoms with E-state index in [1.54, 1.807) is 6.07 Å². The van der Waals surface area contributed by atoms with E-state index in [9.17, 15) is 0 Å². The van der Waals surface area contributed by atoms with E-state index in [1.165, 1.54) is 19.8 Å². The van der Waals surface area contributed by atoms with Gasteiger partial charge in [0.05, 0.1) is 23.0 Å². The van der Waals surface area contributed by atoms with Crippen LogP contribution in [0.15, 0.2) is 6.08 Å². The van der Waals surface area contributed by atoms with Gasteiger partial charge in [0.25, 0.3) is 0 Å². The van der Waals surface area contributed by atoms with Crippen LogP contribution in [0.2, 0.25) is 0 Å². The molecule has 0 aromatic carbocycles. The molecule has 3 aliphatic carbocycles. The van der Waals surface area contributed by atoms with Crippen molar-refractivity contribution >= 4 is 7.92 Å². The van der Waals surface area contributed by atoms with Crippen LogP contribution >= 0.6 is 7.92 Å². The first kappa shape index (κ1) is 34.9. The van der Waals surface area contributed by atoms with E-state index in [1.807, 2.05) is 0 Å². The van der Waals surface area contributed by atoms with Crippen LogP contribution in [0.1, 0.15) is 90.0 Å².